The number of likely N-dealkylation sites (tertiary alicyclic amines) is 1. The number of rotatable bonds is 6. The number of amides is 1. The zero-order valence-corrected chi connectivity index (χ0v) is 23.8. The highest BCUT2D eigenvalue weighted by atomic mass is 16.3. The molecule has 1 amide bonds. The monoisotopic (exact) mass is 549 g/mol. The number of aromatic hydroxyl groups is 1. The van der Waals surface area contributed by atoms with Crippen LogP contribution in [0.5, 0.6) is 5.75 Å². The molecule has 2 atom stereocenters. The summed E-state index contributed by atoms with van der Waals surface area (Å²) >= 11 is 0. The van der Waals surface area contributed by atoms with Crippen molar-refractivity contribution in [2.24, 2.45) is 0 Å². The molecule has 0 saturated carbocycles. The van der Waals surface area contributed by atoms with Gasteiger partial charge in [-0.15, -0.1) is 0 Å². The predicted molar refractivity (Wildman–Crippen MR) is 160 cm³/mol. The molecular formula is C34H39N5O2. The maximum absolute atomic E-state index is 13.2. The van der Waals surface area contributed by atoms with Crippen molar-refractivity contribution in [2.75, 3.05) is 19.6 Å². The van der Waals surface area contributed by atoms with Crippen molar-refractivity contribution < 1.29 is 9.90 Å². The lowest BCUT2D eigenvalue weighted by Crippen LogP contribution is -2.49. The molecule has 7 rings (SSSR count). The third-order valence-electron chi connectivity index (χ3n) is 10.2. The smallest absolute Gasteiger partial charge is 0.276 e. The van der Waals surface area contributed by atoms with Crippen LogP contribution in [-0.4, -0.2) is 67.1 Å². The van der Waals surface area contributed by atoms with Gasteiger partial charge in [0, 0.05) is 37.4 Å². The fourth-order valence-corrected chi connectivity index (χ4v) is 8.11. The standard InChI is InChI=1S/C34H39N5O2/c1-24-36-29-10-5-6-11-30(29)39(24)28-22-26-13-14-27(23-28)38(26)21-17-34(25-8-3-2-4-9-25)15-19-37(20-16-34)33(41)32-31(40)12-7-18-35-32/h2-12,18,26-28,40H,13-17,19-23H2,1H3. The number of imidazole rings is 1. The molecule has 3 aliphatic heterocycles. The molecule has 0 aliphatic carbocycles. The summed E-state index contributed by atoms with van der Waals surface area (Å²) in [5.41, 5.74) is 3.95. The van der Waals surface area contributed by atoms with Gasteiger partial charge in [0.1, 0.15) is 11.6 Å². The third kappa shape index (κ3) is 4.70. The number of aromatic nitrogens is 3. The van der Waals surface area contributed by atoms with E-state index in [1.54, 1.807) is 12.3 Å². The van der Waals surface area contributed by atoms with Gasteiger partial charge >= 0.3 is 0 Å². The van der Waals surface area contributed by atoms with E-state index >= 15 is 0 Å². The highest BCUT2D eigenvalue weighted by Gasteiger charge is 2.44. The molecule has 0 radical (unpaired) electrons. The summed E-state index contributed by atoms with van der Waals surface area (Å²) in [4.78, 5) is 26.9. The second kappa shape index (κ2) is 10.6. The Bertz CT molecular complexity index is 1530. The maximum atomic E-state index is 13.2. The summed E-state index contributed by atoms with van der Waals surface area (Å²) in [6.45, 7) is 4.59. The first-order valence-electron chi connectivity index (χ1n) is 15.2. The van der Waals surface area contributed by atoms with Crippen LogP contribution in [0.3, 0.4) is 0 Å². The Balaban J connectivity index is 1.07. The summed E-state index contributed by atoms with van der Waals surface area (Å²) in [7, 11) is 0. The molecule has 4 aromatic rings. The van der Waals surface area contributed by atoms with Crippen LogP contribution in [0, 0.1) is 6.92 Å². The SMILES string of the molecule is Cc1nc2ccccc2n1C1CC2CCC(C1)N2CCC1(c2ccccc2)CCN(C(=O)c2ncccc2O)CC1. The first-order valence-corrected chi connectivity index (χ1v) is 15.2. The number of nitrogens with zero attached hydrogens (tertiary/aromatic N) is 5. The Kier molecular flexibility index (Phi) is 6.78. The molecule has 2 aromatic carbocycles. The molecule has 2 aromatic heterocycles. The largest absolute Gasteiger partial charge is 0.505 e. The number of carbonyl (C=O) groups excluding carboxylic acids is 1. The van der Waals surface area contributed by atoms with Crippen LogP contribution >= 0.6 is 0 Å². The van der Waals surface area contributed by atoms with Crippen LogP contribution in [0.4, 0.5) is 0 Å². The Morgan fingerprint density at radius 1 is 0.927 bits per heavy atom. The van der Waals surface area contributed by atoms with Crippen molar-refractivity contribution in [2.45, 2.75) is 75.4 Å². The molecule has 0 spiro atoms. The van der Waals surface area contributed by atoms with Crippen LogP contribution in [-0.2, 0) is 5.41 Å². The summed E-state index contributed by atoms with van der Waals surface area (Å²) in [5, 5.41) is 10.2. The fourth-order valence-electron chi connectivity index (χ4n) is 8.11. The van der Waals surface area contributed by atoms with Gasteiger partial charge in [0.2, 0.25) is 0 Å². The lowest BCUT2D eigenvalue weighted by atomic mass is 9.70. The van der Waals surface area contributed by atoms with Crippen LogP contribution < -0.4 is 0 Å². The summed E-state index contributed by atoms with van der Waals surface area (Å²) < 4.78 is 2.51. The summed E-state index contributed by atoms with van der Waals surface area (Å²) in [6.07, 6.45) is 9.43. The van der Waals surface area contributed by atoms with Crippen molar-refractivity contribution in [1.82, 2.24) is 24.3 Å². The molecule has 2 bridgehead atoms. The van der Waals surface area contributed by atoms with E-state index in [9.17, 15) is 9.90 Å². The van der Waals surface area contributed by atoms with E-state index < -0.39 is 0 Å². The predicted octanol–water partition coefficient (Wildman–Crippen LogP) is 5.88. The number of hydrogen-bond acceptors (Lipinski definition) is 5. The minimum Gasteiger partial charge on any atom is -0.505 e. The van der Waals surface area contributed by atoms with Crippen molar-refractivity contribution in [3.05, 3.63) is 90.0 Å². The van der Waals surface area contributed by atoms with E-state index in [1.165, 1.54) is 42.8 Å². The van der Waals surface area contributed by atoms with Crippen LogP contribution in [0.15, 0.2) is 72.9 Å². The van der Waals surface area contributed by atoms with Gasteiger partial charge in [-0.25, -0.2) is 9.97 Å². The molecule has 3 aliphatic rings. The summed E-state index contributed by atoms with van der Waals surface area (Å²) in [5.74, 6) is 0.912. The van der Waals surface area contributed by atoms with Gasteiger partial charge in [-0.1, -0.05) is 42.5 Å². The van der Waals surface area contributed by atoms with Crippen molar-refractivity contribution in [1.29, 1.82) is 0 Å². The molecular weight excluding hydrogens is 510 g/mol. The van der Waals surface area contributed by atoms with Crippen LogP contribution in [0.2, 0.25) is 0 Å². The second-order valence-electron chi connectivity index (χ2n) is 12.3. The Morgan fingerprint density at radius 3 is 2.37 bits per heavy atom. The number of aryl methyl sites for hydroxylation is 1. The van der Waals surface area contributed by atoms with Crippen molar-refractivity contribution >= 4 is 16.9 Å². The number of fused-ring (bicyclic) bond motifs is 3. The average molecular weight is 550 g/mol. The molecule has 7 heteroatoms. The molecule has 3 fully saturated rings. The number of benzene rings is 2. The zero-order chi connectivity index (χ0) is 28.0. The molecule has 5 heterocycles. The highest BCUT2D eigenvalue weighted by molar-refractivity contribution is 5.94. The molecule has 7 nitrogen and oxygen atoms in total. The average Bonchev–Trinajstić information content (AvgIpc) is 3.47. The van der Waals surface area contributed by atoms with E-state index in [0.717, 1.165) is 37.1 Å². The summed E-state index contributed by atoms with van der Waals surface area (Å²) in [6, 6.07) is 24.4. The molecule has 1 N–H and O–H groups in total. The second-order valence-corrected chi connectivity index (χ2v) is 12.3. The van der Waals surface area contributed by atoms with Gasteiger partial charge in [0.05, 0.1) is 11.0 Å². The van der Waals surface area contributed by atoms with E-state index in [-0.39, 0.29) is 22.8 Å². The van der Waals surface area contributed by atoms with Gasteiger partial charge < -0.3 is 14.6 Å². The van der Waals surface area contributed by atoms with Crippen LogP contribution in [0.25, 0.3) is 11.0 Å². The normalized spacial score (nSPS) is 24.1. The van der Waals surface area contributed by atoms with Gasteiger partial charge in [-0.3, -0.25) is 9.69 Å². The minimum absolute atomic E-state index is 0.0393. The fraction of sp³-hybridized carbons (Fsp3) is 0.441. The Labute approximate surface area is 241 Å². The topological polar surface area (TPSA) is 74.5 Å². The van der Waals surface area contributed by atoms with Gasteiger partial charge in [-0.05, 0) is 93.7 Å². The molecule has 3 saturated heterocycles. The number of para-hydroxylation sites is 2. The zero-order valence-electron chi connectivity index (χ0n) is 23.8. The van der Waals surface area contributed by atoms with Gasteiger partial charge in [-0.2, -0.15) is 0 Å². The first kappa shape index (κ1) is 26.2. The van der Waals surface area contributed by atoms with E-state index in [2.05, 4.69) is 76.0 Å². The molecule has 41 heavy (non-hydrogen) atoms. The Hall–Kier alpha value is -3.71. The molecule has 212 valence electrons. The van der Waals surface area contributed by atoms with Gasteiger partial charge in [0.25, 0.3) is 5.91 Å². The highest BCUT2D eigenvalue weighted by Crippen LogP contribution is 2.45. The number of pyridine rings is 1. The van der Waals surface area contributed by atoms with E-state index in [0.29, 0.717) is 31.2 Å². The Morgan fingerprint density at radius 2 is 1.63 bits per heavy atom. The quantitative estimate of drug-likeness (QED) is 0.325. The van der Waals surface area contributed by atoms with Crippen LogP contribution in [0.1, 0.15) is 72.9 Å². The minimum atomic E-state index is -0.174. The maximum Gasteiger partial charge on any atom is 0.276 e. The lowest BCUT2D eigenvalue weighted by Gasteiger charge is -2.45. The number of carbonyl (C=O) groups is 1. The number of hydrogen-bond donors (Lipinski definition) is 1. The third-order valence-corrected chi connectivity index (χ3v) is 10.2. The first-order chi connectivity index (χ1) is 20.0. The number of piperidine rings is 2. The van der Waals surface area contributed by atoms with Crippen molar-refractivity contribution in [3.63, 3.8) is 0 Å². The molecule has 2 unspecified atom stereocenters. The van der Waals surface area contributed by atoms with Gasteiger partial charge in [0.15, 0.2) is 5.69 Å². The van der Waals surface area contributed by atoms with Crippen molar-refractivity contribution in [3.8, 4) is 5.75 Å². The van der Waals surface area contributed by atoms with E-state index in [1.807, 2.05) is 4.90 Å². The lowest BCUT2D eigenvalue weighted by molar-refractivity contribution is 0.0599. The van der Waals surface area contributed by atoms with E-state index in [4.69, 9.17) is 4.98 Å².